The number of hydrogen-bond donors (Lipinski definition) is 1. The van der Waals surface area contributed by atoms with Crippen LogP contribution in [-0.2, 0) is 9.59 Å². The van der Waals surface area contributed by atoms with E-state index in [0.717, 1.165) is 28.1 Å². The number of aryl methyl sites for hydroxylation is 2. The predicted molar refractivity (Wildman–Crippen MR) is 96.4 cm³/mol. The minimum Gasteiger partial charge on any atom is -0.326 e. The molecule has 4 heteroatoms. The third-order valence-electron chi connectivity index (χ3n) is 4.55. The second-order valence-corrected chi connectivity index (χ2v) is 6.46. The molecule has 1 heterocycles. The van der Waals surface area contributed by atoms with Crippen molar-refractivity contribution in [2.75, 3.05) is 16.8 Å². The Morgan fingerprint density at radius 2 is 1.92 bits per heavy atom. The van der Waals surface area contributed by atoms with E-state index in [1.54, 1.807) is 11.8 Å². The van der Waals surface area contributed by atoms with Crippen LogP contribution in [0.4, 0.5) is 11.4 Å². The highest BCUT2D eigenvalue weighted by Crippen LogP contribution is 2.38. The Morgan fingerprint density at radius 1 is 1.17 bits per heavy atom. The third-order valence-corrected chi connectivity index (χ3v) is 4.55. The van der Waals surface area contributed by atoms with Gasteiger partial charge in [0.05, 0.1) is 0 Å². The molecule has 0 spiro atoms. The number of para-hydroxylation sites is 1. The summed E-state index contributed by atoms with van der Waals surface area (Å²) in [5.74, 6) is 0.0315. The monoisotopic (exact) mass is 322 g/mol. The molecule has 2 amide bonds. The van der Waals surface area contributed by atoms with E-state index in [-0.39, 0.29) is 17.7 Å². The number of amides is 2. The Bertz CT molecular complexity index is 798. The molecule has 1 aliphatic rings. The SMILES string of the molecule is CC(=O)N1CC(CC(=O)Nc2cc(C)ccc2C)c2ccccc21. The van der Waals surface area contributed by atoms with Gasteiger partial charge >= 0.3 is 0 Å². The lowest BCUT2D eigenvalue weighted by Gasteiger charge is -2.15. The first-order chi connectivity index (χ1) is 11.5. The molecule has 1 unspecified atom stereocenters. The first-order valence-corrected chi connectivity index (χ1v) is 8.20. The fourth-order valence-corrected chi connectivity index (χ4v) is 3.26. The molecular formula is C20H22N2O2. The van der Waals surface area contributed by atoms with E-state index in [1.165, 1.54) is 0 Å². The molecule has 124 valence electrons. The van der Waals surface area contributed by atoms with Crippen LogP contribution < -0.4 is 10.2 Å². The second-order valence-electron chi connectivity index (χ2n) is 6.46. The summed E-state index contributed by atoms with van der Waals surface area (Å²) < 4.78 is 0. The van der Waals surface area contributed by atoms with Crippen molar-refractivity contribution < 1.29 is 9.59 Å². The van der Waals surface area contributed by atoms with E-state index in [4.69, 9.17) is 0 Å². The Labute approximate surface area is 142 Å². The molecule has 0 aromatic heterocycles. The third kappa shape index (κ3) is 3.18. The van der Waals surface area contributed by atoms with Crippen molar-refractivity contribution >= 4 is 23.2 Å². The minimum absolute atomic E-state index is 0.0138. The van der Waals surface area contributed by atoms with Gasteiger partial charge in [0.15, 0.2) is 0 Å². The van der Waals surface area contributed by atoms with E-state index in [0.29, 0.717) is 13.0 Å². The molecular weight excluding hydrogens is 300 g/mol. The molecule has 0 saturated carbocycles. The summed E-state index contributed by atoms with van der Waals surface area (Å²) in [5.41, 5.74) is 5.02. The van der Waals surface area contributed by atoms with Crippen LogP contribution in [0.25, 0.3) is 0 Å². The van der Waals surface area contributed by atoms with Crippen LogP contribution in [0, 0.1) is 13.8 Å². The van der Waals surface area contributed by atoms with Crippen molar-refractivity contribution in [3.8, 4) is 0 Å². The zero-order valence-corrected chi connectivity index (χ0v) is 14.3. The van der Waals surface area contributed by atoms with E-state index >= 15 is 0 Å². The lowest BCUT2D eigenvalue weighted by molar-refractivity contribution is -0.118. The maximum absolute atomic E-state index is 12.5. The van der Waals surface area contributed by atoms with Crippen LogP contribution >= 0.6 is 0 Å². The van der Waals surface area contributed by atoms with Crippen LogP contribution in [0.3, 0.4) is 0 Å². The van der Waals surface area contributed by atoms with Gasteiger partial charge in [-0.25, -0.2) is 0 Å². The number of fused-ring (bicyclic) bond motifs is 1. The molecule has 0 aliphatic carbocycles. The highest BCUT2D eigenvalue weighted by Gasteiger charge is 2.31. The normalized spacial score (nSPS) is 16.0. The zero-order valence-electron chi connectivity index (χ0n) is 14.3. The van der Waals surface area contributed by atoms with Crippen LogP contribution in [0.2, 0.25) is 0 Å². The Kier molecular flexibility index (Phi) is 4.38. The van der Waals surface area contributed by atoms with Gasteiger partial charge in [-0.1, -0.05) is 30.3 Å². The van der Waals surface area contributed by atoms with Crippen molar-refractivity contribution in [2.24, 2.45) is 0 Å². The van der Waals surface area contributed by atoms with E-state index in [2.05, 4.69) is 5.32 Å². The topological polar surface area (TPSA) is 49.4 Å². The van der Waals surface area contributed by atoms with E-state index in [9.17, 15) is 9.59 Å². The van der Waals surface area contributed by atoms with Crippen molar-refractivity contribution in [3.63, 3.8) is 0 Å². The van der Waals surface area contributed by atoms with Crippen molar-refractivity contribution in [3.05, 3.63) is 59.2 Å². The summed E-state index contributed by atoms with van der Waals surface area (Å²) in [6, 6.07) is 13.9. The summed E-state index contributed by atoms with van der Waals surface area (Å²) in [6.07, 6.45) is 0.369. The molecule has 0 fully saturated rings. The first kappa shape index (κ1) is 16.2. The largest absolute Gasteiger partial charge is 0.326 e. The van der Waals surface area contributed by atoms with Gasteiger partial charge in [-0.15, -0.1) is 0 Å². The van der Waals surface area contributed by atoms with Gasteiger partial charge in [-0.3, -0.25) is 9.59 Å². The van der Waals surface area contributed by atoms with Gasteiger partial charge < -0.3 is 10.2 Å². The molecule has 4 nitrogen and oxygen atoms in total. The van der Waals surface area contributed by atoms with Gasteiger partial charge in [0.2, 0.25) is 11.8 Å². The van der Waals surface area contributed by atoms with Gasteiger partial charge in [-0.2, -0.15) is 0 Å². The Hall–Kier alpha value is -2.62. The molecule has 0 radical (unpaired) electrons. The van der Waals surface area contributed by atoms with Gasteiger partial charge in [0.1, 0.15) is 0 Å². The second kappa shape index (κ2) is 6.48. The zero-order chi connectivity index (χ0) is 17.3. The highest BCUT2D eigenvalue weighted by atomic mass is 16.2. The van der Waals surface area contributed by atoms with Gasteiger partial charge in [-0.05, 0) is 42.7 Å². The number of carbonyl (C=O) groups excluding carboxylic acids is 2. The lowest BCUT2D eigenvalue weighted by Crippen LogP contribution is -2.28. The van der Waals surface area contributed by atoms with Crippen LogP contribution in [0.15, 0.2) is 42.5 Å². The summed E-state index contributed by atoms with van der Waals surface area (Å²) >= 11 is 0. The van der Waals surface area contributed by atoms with Crippen molar-refractivity contribution in [1.29, 1.82) is 0 Å². The smallest absolute Gasteiger partial charge is 0.225 e. The van der Waals surface area contributed by atoms with E-state index in [1.807, 2.05) is 56.3 Å². The first-order valence-electron chi connectivity index (χ1n) is 8.20. The average Bonchev–Trinajstić information content (AvgIpc) is 2.90. The quantitative estimate of drug-likeness (QED) is 0.935. The fraction of sp³-hybridized carbons (Fsp3) is 0.300. The molecule has 1 aliphatic heterocycles. The maximum Gasteiger partial charge on any atom is 0.225 e. The lowest BCUT2D eigenvalue weighted by atomic mass is 9.97. The van der Waals surface area contributed by atoms with Crippen molar-refractivity contribution in [2.45, 2.75) is 33.1 Å². The van der Waals surface area contributed by atoms with Gasteiger partial charge in [0, 0.05) is 37.2 Å². The summed E-state index contributed by atoms with van der Waals surface area (Å²) in [7, 11) is 0. The number of nitrogens with one attached hydrogen (secondary N) is 1. The molecule has 1 N–H and O–H groups in total. The molecule has 0 bridgehead atoms. The number of benzene rings is 2. The highest BCUT2D eigenvalue weighted by molar-refractivity contribution is 5.96. The van der Waals surface area contributed by atoms with Crippen molar-refractivity contribution in [1.82, 2.24) is 0 Å². The summed E-state index contributed by atoms with van der Waals surface area (Å²) in [4.78, 5) is 26.1. The Morgan fingerprint density at radius 3 is 2.67 bits per heavy atom. The van der Waals surface area contributed by atoms with Crippen LogP contribution in [0.5, 0.6) is 0 Å². The molecule has 2 aromatic rings. The van der Waals surface area contributed by atoms with Crippen LogP contribution in [0.1, 0.15) is 36.0 Å². The fourth-order valence-electron chi connectivity index (χ4n) is 3.26. The summed E-state index contributed by atoms with van der Waals surface area (Å²) in [5, 5.41) is 3.01. The number of anilines is 2. The number of nitrogens with zero attached hydrogens (tertiary/aromatic N) is 1. The van der Waals surface area contributed by atoms with Gasteiger partial charge in [0.25, 0.3) is 0 Å². The number of rotatable bonds is 3. The number of hydrogen-bond acceptors (Lipinski definition) is 2. The number of carbonyl (C=O) groups is 2. The molecule has 1 atom stereocenters. The molecule has 3 rings (SSSR count). The Balaban J connectivity index is 1.76. The molecule has 24 heavy (non-hydrogen) atoms. The summed E-state index contributed by atoms with van der Waals surface area (Å²) in [6.45, 7) is 6.12. The molecule has 0 saturated heterocycles. The maximum atomic E-state index is 12.5. The minimum atomic E-state index is -0.0195. The van der Waals surface area contributed by atoms with E-state index < -0.39 is 0 Å². The average molecular weight is 322 g/mol. The predicted octanol–water partition coefficient (Wildman–Crippen LogP) is 3.78. The standard InChI is InChI=1S/C20H22N2O2/c1-13-8-9-14(2)18(10-13)21-20(24)11-16-12-22(15(3)23)19-7-5-4-6-17(16)19/h4-10,16H,11-12H2,1-3H3,(H,21,24). The van der Waals surface area contributed by atoms with Crippen LogP contribution in [-0.4, -0.2) is 18.4 Å². The molecule has 2 aromatic carbocycles.